The van der Waals surface area contributed by atoms with E-state index in [1.54, 1.807) is 24.5 Å². The van der Waals surface area contributed by atoms with E-state index in [0.29, 0.717) is 0 Å². The van der Waals surface area contributed by atoms with E-state index in [2.05, 4.69) is 15.3 Å². The average molecular weight is 234 g/mol. The Morgan fingerprint density at radius 2 is 2.06 bits per heavy atom. The van der Waals surface area contributed by atoms with E-state index in [1.165, 1.54) is 5.56 Å². The molecule has 0 saturated carbocycles. The van der Waals surface area contributed by atoms with Gasteiger partial charge in [0.05, 0.1) is 6.10 Å². The van der Waals surface area contributed by atoms with Gasteiger partial charge in [0.2, 0.25) is 0 Å². The first-order chi connectivity index (χ1) is 7.59. The highest BCUT2D eigenvalue weighted by Crippen LogP contribution is 2.25. The van der Waals surface area contributed by atoms with E-state index in [-0.39, 0.29) is 0 Å². The summed E-state index contributed by atoms with van der Waals surface area (Å²) in [7, 11) is 0. The zero-order valence-electron chi connectivity index (χ0n) is 9.56. The van der Waals surface area contributed by atoms with Crippen LogP contribution in [0.15, 0.2) is 17.0 Å². The molecule has 2 aromatic rings. The molecule has 0 amide bonds. The summed E-state index contributed by atoms with van der Waals surface area (Å²) in [6, 6.07) is 0. The zero-order chi connectivity index (χ0) is 11.7. The van der Waals surface area contributed by atoms with Crippen LogP contribution in [0, 0.1) is 13.8 Å². The van der Waals surface area contributed by atoms with E-state index in [9.17, 15) is 5.11 Å². The molecule has 1 N–H and O–H groups in total. The fraction of sp³-hybridized carbons (Fsp3) is 0.333. The topological polar surface area (TPSA) is 46.0 Å². The Labute approximate surface area is 98.8 Å². The largest absolute Gasteiger partial charge is 0.389 e. The minimum Gasteiger partial charge on any atom is -0.389 e. The second-order valence-corrected chi connectivity index (χ2v) is 4.62. The second kappa shape index (κ2) is 4.31. The van der Waals surface area contributed by atoms with Gasteiger partial charge in [-0.25, -0.2) is 9.97 Å². The van der Waals surface area contributed by atoms with Crippen LogP contribution in [0.3, 0.4) is 0 Å². The normalized spacial score (nSPS) is 12.8. The van der Waals surface area contributed by atoms with Crippen LogP contribution in [-0.2, 0) is 0 Å². The maximum atomic E-state index is 9.50. The number of hydrogen-bond donors (Lipinski definition) is 1. The van der Waals surface area contributed by atoms with Gasteiger partial charge in [-0.2, -0.15) is 11.3 Å². The molecule has 2 aromatic heterocycles. The zero-order valence-corrected chi connectivity index (χ0v) is 10.4. The minimum absolute atomic E-state index is 0.516. The van der Waals surface area contributed by atoms with Crippen LogP contribution in [0.1, 0.15) is 29.8 Å². The van der Waals surface area contributed by atoms with Gasteiger partial charge in [-0.15, -0.1) is 0 Å². The maximum Gasteiger partial charge on any atom is 0.160 e. The van der Waals surface area contributed by atoms with Gasteiger partial charge in [-0.1, -0.05) is 0 Å². The Hall–Kier alpha value is -1.26. The molecule has 16 heavy (non-hydrogen) atoms. The maximum absolute atomic E-state index is 9.50. The molecule has 2 rings (SSSR count). The molecule has 0 aliphatic heterocycles. The van der Waals surface area contributed by atoms with Crippen molar-refractivity contribution in [2.24, 2.45) is 0 Å². The fourth-order valence-electron chi connectivity index (χ4n) is 1.61. The summed E-state index contributed by atoms with van der Waals surface area (Å²) in [4.78, 5) is 8.73. The highest BCUT2D eigenvalue weighted by molar-refractivity contribution is 7.08. The molecular weight excluding hydrogens is 220 g/mol. The molecule has 84 valence electrons. The number of nitrogens with zero attached hydrogens (tertiary/aromatic N) is 2. The van der Waals surface area contributed by atoms with Gasteiger partial charge in [0, 0.05) is 28.4 Å². The third kappa shape index (κ3) is 1.99. The van der Waals surface area contributed by atoms with Crippen molar-refractivity contribution in [2.75, 3.05) is 0 Å². The summed E-state index contributed by atoms with van der Waals surface area (Å²) >= 11 is 1.65. The highest BCUT2D eigenvalue weighted by atomic mass is 32.1. The first-order valence-electron chi connectivity index (χ1n) is 5.14. The molecule has 0 aliphatic carbocycles. The molecule has 3 nitrogen and oxygen atoms in total. The number of rotatable bonds is 2. The predicted molar refractivity (Wildman–Crippen MR) is 65.5 cm³/mol. The van der Waals surface area contributed by atoms with Crippen molar-refractivity contribution >= 4 is 11.3 Å². The molecule has 0 aromatic carbocycles. The van der Waals surface area contributed by atoms with E-state index in [0.717, 1.165) is 22.6 Å². The van der Waals surface area contributed by atoms with Crippen molar-refractivity contribution in [3.8, 4) is 11.4 Å². The van der Waals surface area contributed by atoms with Gasteiger partial charge in [-0.3, -0.25) is 0 Å². The first kappa shape index (κ1) is 11.2. The molecule has 0 bridgehead atoms. The van der Waals surface area contributed by atoms with E-state index >= 15 is 0 Å². The van der Waals surface area contributed by atoms with Crippen molar-refractivity contribution in [3.05, 3.63) is 33.8 Å². The lowest BCUT2D eigenvalue weighted by atomic mass is 10.1. The van der Waals surface area contributed by atoms with Gasteiger partial charge < -0.3 is 5.11 Å². The van der Waals surface area contributed by atoms with Crippen LogP contribution < -0.4 is 0 Å². The lowest BCUT2D eigenvalue weighted by molar-refractivity contribution is 0.197. The fourth-order valence-corrected chi connectivity index (χ4v) is 2.43. The summed E-state index contributed by atoms with van der Waals surface area (Å²) in [6.45, 7) is 5.67. The lowest BCUT2D eigenvalue weighted by Gasteiger charge is -2.08. The minimum atomic E-state index is -0.516. The molecule has 0 fully saturated rings. The summed E-state index contributed by atoms with van der Waals surface area (Å²) in [5, 5.41) is 13.6. The van der Waals surface area contributed by atoms with Gasteiger partial charge in [0.1, 0.15) is 0 Å². The monoisotopic (exact) mass is 234 g/mol. The number of aliphatic hydroxyl groups is 1. The number of aliphatic hydroxyl groups excluding tert-OH is 1. The van der Waals surface area contributed by atoms with Gasteiger partial charge in [-0.05, 0) is 31.7 Å². The third-order valence-electron chi connectivity index (χ3n) is 2.56. The van der Waals surface area contributed by atoms with Crippen molar-refractivity contribution in [1.29, 1.82) is 0 Å². The molecule has 0 spiro atoms. The van der Waals surface area contributed by atoms with Crippen LogP contribution in [0.2, 0.25) is 0 Å². The van der Waals surface area contributed by atoms with Crippen molar-refractivity contribution in [2.45, 2.75) is 26.9 Å². The quantitative estimate of drug-likeness (QED) is 0.869. The molecule has 0 saturated heterocycles. The van der Waals surface area contributed by atoms with Gasteiger partial charge >= 0.3 is 0 Å². The van der Waals surface area contributed by atoms with E-state index < -0.39 is 6.10 Å². The van der Waals surface area contributed by atoms with Crippen molar-refractivity contribution in [1.82, 2.24) is 9.97 Å². The van der Waals surface area contributed by atoms with Crippen LogP contribution in [0.5, 0.6) is 0 Å². The van der Waals surface area contributed by atoms with Crippen LogP contribution >= 0.6 is 11.3 Å². The Bertz CT molecular complexity index is 505. The summed E-state index contributed by atoms with van der Waals surface area (Å²) in [5.74, 6) is 0.737. The highest BCUT2D eigenvalue weighted by Gasteiger charge is 2.11. The predicted octanol–water partition coefficient (Wildman–Crippen LogP) is 2.88. The Kier molecular flexibility index (Phi) is 3.03. The van der Waals surface area contributed by atoms with Crippen molar-refractivity contribution < 1.29 is 5.11 Å². The number of aryl methyl sites for hydroxylation is 2. The summed E-state index contributed by atoms with van der Waals surface area (Å²) in [5.41, 5.74) is 3.89. The number of hydrogen-bond acceptors (Lipinski definition) is 4. The van der Waals surface area contributed by atoms with Gasteiger partial charge in [0.15, 0.2) is 5.82 Å². The van der Waals surface area contributed by atoms with Crippen molar-refractivity contribution in [3.63, 3.8) is 0 Å². The second-order valence-electron chi connectivity index (χ2n) is 3.88. The summed E-state index contributed by atoms with van der Waals surface area (Å²) in [6.07, 6.45) is 1.19. The van der Waals surface area contributed by atoms with Crippen LogP contribution in [0.25, 0.3) is 11.4 Å². The lowest BCUT2D eigenvalue weighted by Crippen LogP contribution is -2.01. The molecule has 2 heterocycles. The Balaban J connectivity index is 2.46. The van der Waals surface area contributed by atoms with Crippen LogP contribution in [-0.4, -0.2) is 15.1 Å². The Morgan fingerprint density at radius 3 is 2.56 bits per heavy atom. The van der Waals surface area contributed by atoms with E-state index in [1.807, 2.05) is 19.2 Å². The van der Waals surface area contributed by atoms with E-state index in [4.69, 9.17) is 0 Å². The van der Waals surface area contributed by atoms with Gasteiger partial charge in [0.25, 0.3) is 0 Å². The summed E-state index contributed by atoms with van der Waals surface area (Å²) < 4.78 is 0. The average Bonchev–Trinajstić information content (AvgIpc) is 2.63. The third-order valence-corrected chi connectivity index (χ3v) is 3.43. The number of thiophene rings is 1. The molecule has 0 aliphatic rings. The Morgan fingerprint density at radius 1 is 1.31 bits per heavy atom. The van der Waals surface area contributed by atoms with Crippen LogP contribution in [0.4, 0.5) is 0 Å². The number of aromatic nitrogens is 2. The molecule has 0 unspecified atom stereocenters. The smallest absolute Gasteiger partial charge is 0.160 e. The standard InChI is InChI=1S/C12H14N2OS/c1-7-5-16-6-11(7)12-13-4-10(9(3)15)8(2)14-12/h4-6,9,15H,1-3H3/t9-/m1/s1. The molecule has 4 heteroatoms. The molecular formula is C12H14N2OS. The molecule has 0 radical (unpaired) electrons. The SMILES string of the molecule is Cc1cscc1-c1ncc([C@@H](C)O)c(C)n1. The first-order valence-corrected chi connectivity index (χ1v) is 6.08. The molecule has 1 atom stereocenters.